The highest BCUT2D eigenvalue weighted by atomic mass is 79.9. The molecular formula is C16H26BrN. The summed E-state index contributed by atoms with van der Waals surface area (Å²) in [5, 5.41) is 3.71. The standard InChI is InChI=1S/C16H26BrN/c1-6-8-18-16(11(3)7-2)14-9-13(5)15(17)10-12(14)4/h9-11,16,18H,6-8H2,1-5H3. The average molecular weight is 312 g/mol. The maximum atomic E-state index is 3.71. The summed E-state index contributed by atoms with van der Waals surface area (Å²) in [7, 11) is 0. The van der Waals surface area contributed by atoms with Crippen LogP contribution in [-0.4, -0.2) is 6.54 Å². The molecule has 0 spiro atoms. The molecule has 0 amide bonds. The lowest BCUT2D eigenvalue weighted by Crippen LogP contribution is -2.28. The molecule has 1 N–H and O–H groups in total. The maximum absolute atomic E-state index is 3.71. The third-order valence-electron chi connectivity index (χ3n) is 3.71. The molecule has 1 aromatic rings. The molecule has 1 aromatic carbocycles. The topological polar surface area (TPSA) is 12.0 Å². The number of rotatable bonds is 6. The van der Waals surface area contributed by atoms with Crippen LogP contribution in [0.3, 0.4) is 0 Å². The van der Waals surface area contributed by atoms with Gasteiger partial charge in [-0.3, -0.25) is 0 Å². The number of benzene rings is 1. The van der Waals surface area contributed by atoms with E-state index in [0.717, 1.165) is 6.54 Å². The first kappa shape index (κ1) is 15.7. The fourth-order valence-corrected chi connectivity index (χ4v) is 2.75. The Kier molecular flexibility index (Phi) is 6.37. The minimum absolute atomic E-state index is 0.474. The van der Waals surface area contributed by atoms with E-state index in [2.05, 4.69) is 68.0 Å². The number of hydrogen-bond acceptors (Lipinski definition) is 1. The second kappa shape index (κ2) is 7.30. The van der Waals surface area contributed by atoms with E-state index in [1.807, 2.05) is 0 Å². The zero-order valence-electron chi connectivity index (χ0n) is 12.3. The van der Waals surface area contributed by atoms with Gasteiger partial charge in [0.2, 0.25) is 0 Å². The molecule has 0 saturated heterocycles. The first-order valence-corrected chi connectivity index (χ1v) is 7.80. The molecule has 0 aliphatic carbocycles. The van der Waals surface area contributed by atoms with E-state index < -0.39 is 0 Å². The number of nitrogens with one attached hydrogen (secondary N) is 1. The minimum atomic E-state index is 0.474. The van der Waals surface area contributed by atoms with Crippen LogP contribution in [0.1, 0.15) is 56.3 Å². The molecule has 1 nitrogen and oxygen atoms in total. The normalized spacial score (nSPS) is 14.6. The Hall–Kier alpha value is -0.340. The van der Waals surface area contributed by atoms with Crippen LogP contribution in [0.4, 0.5) is 0 Å². The van der Waals surface area contributed by atoms with Crippen molar-refractivity contribution >= 4 is 15.9 Å². The summed E-state index contributed by atoms with van der Waals surface area (Å²) in [6, 6.07) is 5.05. The smallest absolute Gasteiger partial charge is 0.0348 e. The summed E-state index contributed by atoms with van der Waals surface area (Å²) >= 11 is 3.62. The minimum Gasteiger partial charge on any atom is -0.310 e. The van der Waals surface area contributed by atoms with Crippen molar-refractivity contribution in [3.8, 4) is 0 Å². The van der Waals surface area contributed by atoms with Crippen molar-refractivity contribution in [1.29, 1.82) is 0 Å². The third-order valence-corrected chi connectivity index (χ3v) is 4.56. The van der Waals surface area contributed by atoms with Gasteiger partial charge in [0, 0.05) is 10.5 Å². The van der Waals surface area contributed by atoms with E-state index in [9.17, 15) is 0 Å². The Balaban J connectivity index is 3.07. The highest BCUT2D eigenvalue weighted by Crippen LogP contribution is 2.30. The molecule has 0 radical (unpaired) electrons. The SMILES string of the molecule is CCCNC(c1cc(C)c(Br)cc1C)C(C)CC. The molecule has 0 fully saturated rings. The van der Waals surface area contributed by atoms with Gasteiger partial charge < -0.3 is 5.32 Å². The van der Waals surface area contributed by atoms with Crippen LogP contribution in [0.2, 0.25) is 0 Å². The number of hydrogen-bond donors (Lipinski definition) is 1. The summed E-state index contributed by atoms with van der Waals surface area (Å²) in [4.78, 5) is 0. The molecule has 1 rings (SSSR count). The predicted octanol–water partition coefficient (Wildman–Crippen LogP) is 5.15. The second-order valence-electron chi connectivity index (χ2n) is 5.28. The third kappa shape index (κ3) is 3.83. The molecule has 0 aromatic heterocycles. The van der Waals surface area contributed by atoms with E-state index in [-0.39, 0.29) is 0 Å². The average Bonchev–Trinajstić information content (AvgIpc) is 2.35. The second-order valence-corrected chi connectivity index (χ2v) is 6.13. The van der Waals surface area contributed by atoms with Crippen LogP contribution in [-0.2, 0) is 0 Å². The molecule has 18 heavy (non-hydrogen) atoms. The monoisotopic (exact) mass is 311 g/mol. The van der Waals surface area contributed by atoms with Crippen LogP contribution in [0, 0.1) is 19.8 Å². The zero-order chi connectivity index (χ0) is 13.7. The summed E-state index contributed by atoms with van der Waals surface area (Å²) in [6.07, 6.45) is 2.39. The summed E-state index contributed by atoms with van der Waals surface area (Å²) < 4.78 is 1.21. The van der Waals surface area contributed by atoms with Crippen molar-refractivity contribution in [2.45, 2.75) is 53.5 Å². The molecule has 0 heterocycles. The van der Waals surface area contributed by atoms with E-state index in [1.54, 1.807) is 0 Å². The molecule has 2 unspecified atom stereocenters. The Bertz CT molecular complexity index is 387. The van der Waals surface area contributed by atoms with Crippen molar-refractivity contribution in [3.63, 3.8) is 0 Å². The van der Waals surface area contributed by atoms with Gasteiger partial charge >= 0.3 is 0 Å². The van der Waals surface area contributed by atoms with Crippen molar-refractivity contribution in [2.24, 2.45) is 5.92 Å². The molecule has 0 bridgehead atoms. The van der Waals surface area contributed by atoms with Crippen molar-refractivity contribution in [3.05, 3.63) is 33.3 Å². The fourth-order valence-electron chi connectivity index (χ4n) is 2.29. The Labute approximate surface area is 120 Å². The van der Waals surface area contributed by atoms with E-state index in [4.69, 9.17) is 0 Å². The van der Waals surface area contributed by atoms with Gasteiger partial charge in [0.1, 0.15) is 0 Å². The Morgan fingerprint density at radius 3 is 2.39 bits per heavy atom. The zero-order valence-corrected chi connectivity index (χ0v) is 13.9. The first-order valence-electron chi connectivity index (χ1n) is 7.01. The van der Waals surface area contributed by atoms with Gasteiger partial charge in [-0.05, 0) is 55.5 Å². The van der Waals surface area contributed by atoms with Crippen LogP contribution in [0.5, 0.6) is 0 Å². The van der Waals surface area contributed by atoms with Gasteiger partial charge in [-0.25, -0.2) is 0 Å². The van der Waals surface area contributed by atoms with E-state index in [1.165, 1.54) is 34.0 Å². The van der Waals surface area contributed by atoms with Gasteiger partial charge in [-0.1, -0.05) is 49.2 Å². The summed E-state index contributed by atoms with van der Waals surface area (Å²) in [5.41, 5.74) is 4.15. The molecule has 2 atom stereocenters. The van der Waals surface area contributed by atoms with Crippen LogP contribution in [0.15, 0.2) is 16.6 Å². The van der Waals surface area contributed by atoms with E-state index >= 15 is 0 Å². The maximum Gasteiger partial charge on any atom is 0.0348 e. The molecule has 102 valence electrons. The molecular weight excluding hydrogens is 286 g/mol. The van der Waals surface area contributed by atoms with Gasteiger partial charge in [0.05, 0.1) is 0 Å². The lowest BCUT2D eigenvalue weighted by Gasteiger charge is -2.27. The molecule has 0 aliphatic heterocycles. The fraction of sp³-hybridized carbons (Fsp3) is 0.625. The number of aryl methyl sites for hydroxylation is 2. The van der Waals surface area contributed by atoms with E-state index in [0.29, 0.717) is 12.0 Å². The molecule has 0 aliphatic rings. The molecule has 2 heteroatoms. The quantitative estimate of drug-likeness (QED) is 0.765. The number of halogens is 1. The summed E-state index contributed by atoms with van der Waals surface area (Å²) in [6.45, 7) is 12.3. The predicted molar refractivity (Wildman–Crippen MR) is 84.1 cm³/mol. The highest BCUT2D eigenvalue weighted by molar-refractivity contribution is 9.10. The molecule has 0 saturated carbocycles. The van der Waals surface area contributed by atoms with Crippen molar-refractivity contribution < 1.29 is 0 Å². The van der Waals surface area contributed by atoms with Gasteiger partial charge in [-0.2, -0.15) is 0 Å². The lowest BCUT2D eigenvalue weighted by atomic mass is 9.89. The summed E-state index contributed by atoms with van der Waals surface area (Å²) in [5.74, 6) is 0.663. The largest absolute Gasteiger partial charge is 0.310 e. The first-order chi connectivity index (χ1) is 8.51. The van der Waals surface area contributed by atoms with Crippen LogP contribution >= 0.6 is 15.9 Å². The Morgan fingerprint density at radius 1 is 1.17 bits per heavy atom. The van der Waals surface area contributed by atoms with Crippen LogP contribution in [0.25, 0.3) is 0 Å². The van der Waals surface area contributed by atoms with Gasteiger partial charge in [0.25, 0.3) is 0 Å². The highest BCUT2D eigenvalue weighted by Gasteiger charge is 2.19. The lowest BCUT2D eigenvalue weighted by molar-refractivity contribution is 0.376. The van der Waals surface area contributed by atoms with Crippen molar-refractivity contribution in [2.75, 3.05) is 6.54 Å². The van der Waals surface area contributed by atoms with Crippen LogP contribution < -0.4 is 5.32 Å². The Morgan fingerprint density at radius 2 is 1.83 bits per heavy atom. The van der Waals surface area contributed by atoms with Gasteiger partial charge in [0.15, 0.2) is 0 Å². The van der Waals surface area contributed by atoms with Crippen molar-refractivity contribution in [1.82, 2.24) is 5.32 Å². The van der Waals surface area contributed by atoms with Gasteiger partial charge in [-0.15, -0.1) is 0 Å².